The molecule has 0 fully saturated rings. The minimum absolute atomic E-state index is 0.00645. The van der Waals surface area contributed by atoms with Gasteiger partial charge in [-0.05, 0) is 61.4 Å². The van der Waals surface area contributed by atoms with Crippen LogP contribution in [0.5, 0.6) is 23.0 Å². The molecule has 0 saturated heterocycles. The van der Waals surface area contributed by atoms with E-state index in [1.807, 2.05) is 13.8 Å². The maximum absolute atomic E-state index is 14.1. The van der Waals surface area contributed by atoms with Gasteiger partial charge in [-0.1, -0.05) is 51.5 Å². The first-order chi connectivity index (χ1) is 21.8. The van der Waals surface area contributed by atoms with Gasteiger partial charge in [-0.2, -0.15) is 0 Å². The molecule has 9 nitrogen and oxygen atoms in total. The Hall–Kier alpha value is -4.42. The third kappa shape index (κ3) is 6.66. The zero-order valence-electron chi connectivity index (χ0n) is 25.0. The van der Waals surface area contributed by atoms with Crippen molar-refractivity contribution >= 4 is 39.3 Å². The van der Waals surface area contributed by atoms with Gasteiger partial charge in [-0.25, -0.2) is 14.2 Å². The maximum Gasteiger partial charge on any atom is 0.337 e. The van der Waals surface area contributed by atoms with E-state index >= 15 is 0 Å². The molecule has 12 heteroatoms. The number of thiazole rings is 1. The number of ether oxygens (including phenoxy) is 5. The monoisotopic (exact) mass is 696 g/mol. The van der Waals surface area contributed by atoms with E-state index in [1.54, 1.807) is 54.6 Å². The lowest BCUT2D eigenvalue weighted by Gasteiger charge is -2.23. The van der Waals surface area contributed by atoms with Crippen molar-refractivity contribution in [2.75, 3.05) is 27.4 Å². The topological polar surface area (TPSA) is 97.6 Å². The van der Waals surface area contributed by atoms with Crippen molar-refractivity contribution in [2.45, 2.75) is 26.5 Å². The summed E-state index contributed by atoms with van der Waals surface area (Å²) in [5.74, 6) is 0.874. The van der Waals surface area contributed by atoms with Crippen LogP contribution in [0.2, 0.25) is 0 Å². The fraction of sp³-hybridized carbons (Fsp3) is 0.242. The summed E-state index contributed by atoms with van der Waals surface area (Å²) in [5, 5.41) is 0. The molecular formula is C33H30BrFN2O7S. The second-order valence-corrected chi connectivity index (χ2v) is 11.5. The molecule has 0 bridgehead atoms. The van der Waals surface area contributed by atoms with E-state index < -0.39 is 12.0 Å². The van der Waals surface area contributed by atoms with Gasteiger partial charge in [0.1, 0.15) is 12.4 Å². The molecule has 234 valence electrons. The van der Waals surface area contributed by atoms with Gasteiger partial charge in [0.05, 0.1) is 43.6 Å². The summed E-state index contributed by atoms with van der Waals surface area (Å²) in [4.78, 5) is 31.7. The highest BCUT2D eigenvalue weighted by atomic mass is 79.9. The van der Waals surface area contributed by atoms with Gasteiger partial charge in [0.15, 0.2) is 27.8 Å². The maximum atomic E-state index is 14.1. The van der Waals surface area contributed by atoms with Crippen LogP contribution in [0.1, 0.15) is 36.6 Å². The summed E-state index contributed by atoms with van der Waals surface area (Å²) < 4.78 is 44.6. The minimum Gasteiger partial charge on any atom is -0.493 e. The molecule has 3 aromatic carbocycles. The Bertz CT molecular complexity index is 1950. The fourth-order valence-electron chi connectivity index (χ4n) is 4.83. The molecule has 0 aliphatic carbocycles. The van der Waals surface area contributed by atoms with Crippen LogP contribution in [0.4, 0.5) is 4.39 Å². The summed E-state index contributed by atoms with van der Waals surface area (Å²) in [6, 6.07) is 14.3. The summed E-state index contributed by atoms with van der Waals surface area (Å²) in [6.45, 7) is 4.59. The van der Waals surface area contributed by atoms with E-state index in [0.717, 1.165) is 0 Å². The molecule has 4 aromatic rings. The van der Waals surface area contributed by atoms with Crippen LogP contribution in [0.25, 0.3) is 6.08 Å². The van der Waals surface area contributed by atoms with Crippen LogP contribution in [0.3, 0.4) is 0 Å². The molecule has 0 spiro atoms. The normalized spacial score (nSPS) is 14.2. The number of hydrogen-bond donors (Lipinski definition) is 0. The first-order valence-electron chi connectivity index (χ1n) is 14.0. The third-order valence-electron chi connectivity index (χ3n) is 6.92. The summed E-state index contributed by atoms with van der Waals surface area (Å²) >= 11 is 4.75. The molecule has 0 unspecified atom stereocenters. The Morgan fingerprint density at radius 2 is 1.73 bits per heavy atom. The highest BCUT2D eigenvalue weighted by molar-refractivity contribution is 9.10. The van der Waals surface area contributed by atoms with E-state index in [9.17, 15) is 14.0 Å². The molecule has 0 amide bonds. The Morgan fingerprint density at radius 3 is 2.44 bits per heavy atom. The van der Waals surface area contributed by atoms with E-state index in [2.05, 4.69) is 20.9 Å². The van der Waals surface area contributed by atoms with Gasteiger partial charge in [-0.3, -0.25) is 9.36 Å². The number of benzene rings is 3. The Morgan fingerprint density at radius 1 is 1.00 bits per heavy atom. The summed E-state index contributed by atoms with van der Waals surface area (Å²) in [6.07, 6.45) is 3.14. The lowest BCUT2D eigenvalue weighted by Crippen LogP contribution is -2.39. The predicted molar refractivity (Wildman–Crippen MR) is 171 cm³/mol. The van der Waals surface area contributed by atoms with Crippen molar-refractivity contribution in [3.63, 3.8) is 0 Å². The summed E-state index contributed by atoms with van der Waals surface area (Å²) in [7, 11) is 2.78. The van der Waals surface area contributed by atoms with Crippen molar-refractivity contribution in [3.05, 3.63) is 113 Å². The zero-order valence-corrected chi connectivity index (χ0v) is 27.4. The second-order valence-electron chi connectivity index (χ2n) is 9.65. The van der Waals surface area contributed by atoms with Crippen LogP contribution in [0, 0.1) is 5.82 Å². The minimum atomic E-state index is -0.821. The SMILES string of the molecule is CCOc1ccc([C@H]2C(C(=O)OC)=CN=c3s/c(=C\c4cc(OC)c(OCc5ccccc5F)cc4Br)c(=O)n32)cc1OCC. The van der Waals surface area contributed by atoms with Crippen LogP contribution in [-0.4, -0.2) is 38.0 Å². The number of esters is 1. The van der Waals surface area contributed by atoms with Crippen LogP contribution < -0.4 is 33.8 Å². The van der Waals surface area contributed by atoms with Crippen molar-refractivity contribution < 1.29 is 32.9 Å². The predicted octanol–water partition coefficient (Wildman–Crippen LogP) is 5.30. The number of rotatable bonds is 11. The van der Waals surface area contributed by atoms with Crippen LogP contribution >= 0.6 is 27.3 Å². The van der Waals surface area contributed by atoms with E-state index in [4.69, 9.17) is 23.7 Å². The smallest absolute Gasteiger partial charge is 0.337 e. The van der Waals surface area contributed by atoms with E-state index in [-0.39, 0.29) is 23.6 Å². The van der Waals surface area contributed by atoms with Gasteiger partial charge < -0.3 is 23.7 Å². The number of halogens is 2. The van der Waals surface area contributed by atoms with Crippen LogP contribution in [0.15, 0.2) is 80.6 Å². The highest BCUT2D eigenvalue weighted by Crippen LogP contribution is 2.36. The van der Waals surface area contributed by atoms with Crippen LogP contribution in [-0.2, 0) is 16.1 Å². The molecule has 2 heterocycles. The number of carbonyl (C=O) groups is 1. The standard InChI is InChI=1S/C33H30BrFN2O7S/c1-5-42-25-12-11-19(13-27(25)43-6-2)30-22(32(39)41-4)17-36-33-37(30)31(38)29(45-33)15-21-14-26(40-3)28(16-23(21)34)44-18-20-9-7-8-10-24(20)35/h7-17,30H,5-6,18H2,1-4H3/b29-15-/t30-/m0/s1. The fourth-order valence-corrected chi connectivity index (χ4v) is 6.23. The number of methoxy groups -OCH3 is 2. The average Bonchev–Trinajstić information content (AvgIpc) is 3.36. The first-order valence-corrected chi connectivity index (χ1v) is 15.6. The molecule has 1 atom stereocenters. The molecule has 1 aliphatic heterocycles. The highest BCUT2D eigenvalue weighted by Gasteiger charge is 2.31. The Kier molecular flexibility index (Phi) is 10.0. The van der Waals surface area contributed by atoms with Gasteiger partial charge in [-0.15, -0.1) is 0 Å². The number of carbonyl (C=O) groups excluding carboxylic acids is 1. The van der Waals surface area contributed by atoms with Crippen molar-refractivity contribution in [2.24, 2.45) is 4.99 Å². The van der Waals surface area contributed by atoms with Gasteiger partial charge in [0.2, 0.25) is 0 Å². The molecule has 1 aromatic heterocycles. The van der Waals surface area contributed by atoms with Crippen molar-refractivity contribution in [3.8, 4) is 23.0 Å². The zero-order chi connectivity index (χ0) is 32.1. The molecule has 1 aliphatic rings. The first kappa shape index (κ1) is 32.0. The number of aromatic nitrogens is 1. The molecule has 0 radical (unpaired) electrons. The molecular weight excluding hydrogens is 667 g/mol. The number of nitrogens with zero attached hydrogens (tertiary/aromatic N) is 2. The van der Waals surface area contributed by atoms with E-state index in [0.29, 0.717) is 66.7 Å². The summed E-state index contributed by atoms with van der Waals surface area (Å²) in [5.41, 5.74) is 1.51. The van der Waals surface area contributed by atoms with Gasteiger partial charge in [0, 0.05) is 16.2 Å². The molecule has 45 heavy (non-hydrogen) atoms. The number of hydrogen-bond acceptors (Lipinski definition) is 9. The third-order valence-corrected chi connectivity index (χ3v) is 8.60. The quantitative estimate of drug-likeness (QED) is 0.196. The van der Waals surface area contributed by atoms with E-state index in [1.165, 1.54) is 42.4 Å². The second kappa shape index (κ2) is 14.1. The molecule has 0 saturated carbocycles. The van der Waals surface area contributed by atoms with Gasteiger partial charge in [0.25, 0.3) is 5.56 Å². The van der Waals surface area contributed by atoms with Gasteiger partial charge >= 0.3 is 5.97 Å². The largest absolute Gasteiger partial charge is 0.493 e. The molecule has 0 N–H and O–H groups in total. The lowest BCUT2D eigenvalue weighted by molar-refractivity contribution is -0.136. The Labute approximate surface area is 270 Å². The van der Waals surface area contributed by atoms with Crippen molar-refractivity contribution in [1.29, 1.82) is 0 Å². The van der Waals surface area contributed by atoms with Crippen molar-refractivity contribution in [1.82, 2.24) is 4.57 Å². The lowest BCUT2D eigenvalue weighted by atomic mass is 9.97. The Balaban J connectivity index is 1.57. The average molecular weight is 698 g/mol. The number of fused-ring (bicyclic) bond motifs is 1. The molecule has 5 rings (SSSR count).